The summed E-state index contributed by atoms with van der Waals surface area (Å²) in [6.45, 7) is 2.34. The highest BCUT2D eigenvalue weighted by atomic mass is 16.5. The number of carbonyl (C=O) groups is 1. The van der Waals surface area contributed by atoms with E-state index in [1.807, 2.05) is 67.6 Å². The van der Waals surface area contributed by atoms with Crippen molar-refractivity contribution in [3.05, 3.63) is 72.1 Å². The summed E-state index contributed by atoms with van der Waals surface area (Å²) in [4.78, 5) is 19.7. The van der Waals surface area contributed by atoms with Crippen molar-refractivity contribution >= 4 is 27.7 Å². The van der Waals surface area contributed by atoms with Gasteiger partial charge in [0.15, 0.2) is 6.61 Å². The van der Waals surface area contributed by atoms with Crippen LogP contribution in [0.3, 0.4) is 0 Å². The number of H-pyrrole nitrogens is 1. The standard InChI is InChI=1S/C21H19N3O2/c1-14-6-9-18-19(10-14)24-20(23-18)12-22-21(25)13-26-17-8-7-15-4-2-3-5-16(15)11-17/h2-11H,12-13H2,1H3,(H,22,25)(H,23,24). The normalized spacial score (nSPS) is 11.0. The van der Waals surface area contributed by atoms with Gasteiger partial charge in [0, 0.05) is 0 Å². The number of fused-ring (bicyclic) bond motifs is 2. The van der Waals surface area contributed by atoms with Gasteiger partial charge >= 0.3 is 0 Å². The second-order valence-electron chi connectivity index (χ2n) is 6.28. The number of rotatable bonds is 5. The molecule has 0 radical (unpaired) electrons. The monoisotopic (exact) mass is 345 g/mol. The Morgan fingerprint density at radius 2 is 1.92 bits per heavy atom. The summed E-state index contributed by atoms with van der Waals surface area (Å²) in [6, 6.07) is 19.9. The lowest BCUT2D eigenvalue weighted by Gasteiger charge is -2.07. The smallest absolute Gasteiger partial charge is 0.258 e. The minimum absolute atomic E-state index is 0.0301. The van der Waals surface area contributed by atoms with E-state index in [0.717, 1.165) is 27.6 Å². The first-order valence-electron chi connectivity index (χ1n) is 8.51. The van der Waals surface area contributed by atoms with Crippen LogP contribution in [0.4, 0.5) is 0 Å². The lowest BCUT2D eigenvalue weighted by Crippen LogP contribution is -2.28. The zero-order valence-electron chi connectivity index (χ0n) is 14.5. The van der Waals surface area contributed by atoms with Crippen molar-refractivity contribution in [2.24, 2.45) is 0 Å². The van der Waals surface area contributed by atoms with E-state index in [2.05, 4.69) is 15.3 Å². The maximum absolute atomic E-state index is 12.0. The van der Waals surface area contributed by atoms with Gasteiger partial charge in [0.05, 0.1) is 17.6 Å². The molecule has 26 heavy (non-hydrogen) atoms. The van der Waals surface area contributed by atoms with Crippen molar-refractivity contribution in [3.8, 4) is 5.75 Å². The predicted molar refractivity (Wildman–Crippen MR) is 102 cm³/mol. The van der Waals surface area contributed by atoms with E-state index in [-0.39, 0.29) is 12.5 Å². The molecule has 0 spiro atoms. The maximum atomic E-state index is 12.0. The molecule has 1 amide bonds. The molecule has 1 aromatic heterocycles. The Kier molecular flexibility index (Phi) is 4.27. The maximum Gasteiger partial charge on any atom is 0.258 e. The first-order valence-corrected chi connectivity index (χ1v) is 8.51. The first-order chi connectivity index (χ1) is 12.7. The molecule has 0 aliphatic carbocycles. The molecular weight excluding hydrogens is 326 g/mol. The Bertz CT molecular complexity index is 1080. The van der Waals surface area contributed by atoms with E-state index in [0.29, 0.717) is 12.3 Å². The Morgan fingerprint density at radius 1 is 1.08 bits per heavy atom. The molecule has 0 fully saturated rings. The summed E-state index contributed by atoms with van der Waals surface area (Å²) >= 11 is 0. The number of aryl methyl sites for hydroxylation is 1. The average Bonchev–Trinajstić information content (AvgIpc) is 3.06. The minimum Gasteiger partial charge on any atom is -0.484 e. The molecule has 0 saturated carbocycles. The fraction of sp³-hybridized carbons (Fsp3) is 0.143. The fourth-order valence-electron chi connectivity index (χ4n) is 2.90. The lowest BCUT2D eigenvalue weighted by molar-refractivity contribution is -0.123. The molecule has 0 aliphatic heterocycles. The zero-order chi connectivity index (χ0) is 17.9. The Hall–Kier alpha value is -3.34. The second-order valence-corrected chi connectivity index (χ2v) is 6.28. The van der Waals surface area contributed by atoms with Gasteiger partial charge < -0.3 is 15.0 Å². The van der Waals surface area contributed by atoms with Gasteiger partial charge in [-0.25, -0.2) is 4.98 Å². The van der Waals surface area contributed by atoms with Crippen LogP contribution in [0.2, 0.25) is 0 Å². The van der Waals surface area contributed by atoms with Gasteiger partial charge in [-0.3, -0.25) is 4.79 Å². The Labute approximate surface area is 151 Å². The van der Waals surface area contributed by atoms with Crippen LogP contribution in [0.5, 0.6) is 5.75 Å². The SMILES string of the molecule is Cc1ccc2nc(CNC(=O)COc3ccc4ccccc4c3)[nH]c2c1. The number of ether oxygens (including phenoxy) is 1. The van der Waals surface area contributed by atoms with Crippen molar-refractivity contribution in [1.82, 2.24) is 15.3 Å². The topological polar surface area (TPSA) is 67.0 Å². The summed E-state index contributed by atoms with van der Waals surface area (Å²) in [6.07, 6.45) is 0. The van der Waals surface area contributed by atoms with E-state index < -0.39 is 0 Å². The van der Waals surface area contributed by atoms with Crippen molar-refractivity contribution < 1.29 is 9.53 Å². The van der Waals surface area contributed by atoms with Crippen LogP contribution in [0.1, 0.15) is 11.4 Å². The predicted octanol–water partition coefficient (Wildman–Crippen LogP) is 3.72. The highest BCUT2D eigenvalue weighted by Crippen LogP contribution is 2.20. The third-order valence-electron chi connectivity index (χ3n) is 4.23. The van der Waals surface area contributed by atoms with Crippen LogP contribution in [-0.4, -0.2) is 22.5 Å². The minimum atomic E-state index is -0.185. The number of imidazole rings is 1. The summed E-state index contributed by atoms with van der Waals surface area (Å²) in [5.41, 5.74) is 3.04. The van der Waals surface area contributed by atoms with E-state index in [9.17, 15) is 4.79 Å². The van der Waals surface area contributed by atoms with E-state index in [1.165, 1.54) is 5.56 Å². The third kappa shape index (κ3) is 3.52. The number of amides is 1. The van der Waals surface area contributed by atoms with Gasteiger partial charge in [-0.05, 0) is 47.5 Å². The molecule has 2 N–H and O–H groups in total. The molecule has 3 aromatic carbocycles. The highest BCUT2D eigenvalue weighted by Gasteiger charge is 2.07. The van der Waals surface area contributed by atoms with Gasteiger partial charge in [0.2, 0.25) is 0 Å². The summed E-state index contributed by atoms with van der Waals surface area (Å²) < 4.78 is 5.60. The quantitative estimate of drug-likeness (QED) is 0.579. The van der Waals surface area contributed by atoms with Gasteiger partial charge in [-0.15, -0.1) is 0 Å². The Balaban J connectivity index is 1.34. The van der Waals surface area contributed by atoms with E-state index in [4.69, 9.17) is 4.74 Å². The Morgan fingerprint density at radius 3 is 2.81 bits per heavy atom. The van der Waals surface area contributed by atoms with Gasteiger partial charge in [-0.1, -0.05) is 36.4 Å². The number of aromatic amines is 1. The molecule has 0 aliphatic rings. The second kappa shape index (κ2) is 6.88. The molecular formula is C21H19N3O2. The molecule has 130 valence electrons. The first kappa shape index (κ1) is 16.1. The van der Waals surface area contributed by atoms with E-state index in [1.54, 1.807) is 0 Å². The lowest BCUT2D eigenvalue weighted by atomic mass is 10.1. The van der Waals surface area contributed by atoms with Gasteiger partial charge in [-0.2, -0.15) is 0 Å². The molecule has 4 aromatic rings. The number of aromatic nitrogens is 2. The molecule has 0 atom stereocenters. The van der Waals surface area contributed by atoms with Crippen LogP contribution in [0.15, 0.2) is 60.7 Å². The number of nitrogens with one attached hydrogen (secondary N) is 2. The molecule has 0 saturated heterocycles. The van der Waals surface area contributed by atoms with Crippen LogP contribution in [0.25, 0.3) is 21.8 Å². The van der Waals surface area contributed by atoms with Crippen molar-refractivity contribution in [3.63, 3.8) is 0 Å². The number of benzene rings is 3. The number of hydrogen-bond acceptors (Lipinski definition) is 3. The van der Waals surface area contributed by atoms with Crippen molar-refractivity contribution in [2.45, 2.75) is 13.5 Å². The molecule has 5 nitrogen and oxygen atoms in total. The van der Waals surface area contributed by atoms with Crippen LogP contribution < -0.4 is 10.1 Å². The zero-order valence-corrected chi connectivity index (χ0v) is 14.5. The van der Waals surface area contributed by atoms with Gasteiger partial charge in [0.1, 0.15) is 11.6 Å². The summed E-state index contributed by atoms with van der Waals surface area (Å²) in [7, 11) is 0. The molecule has 5 heteroatoms. The number of nitrogens with zero attached hydrogens (tertiary/aromatic N) is 1. The summed E-state index contributed by atoms with van der Waals surface area (Å²) in [5, 5.41) is 5.05. The summed E-state index contributed by atoms with van der Waals surface area (Å²) in [5.74, 6) is 1.22. The number of hydrogen-bond donors (Lipinski definition) is 2. The van der Waals surface area contributed by atoms with Gasteiger partial charge in [0.25, 0.3) is 5.91 Å². The molecule has 1 heterocycles. The third-order valence-corrected chi connectivity index (χ3v) is 4.23. The van der Waals surface area contributed by atoms with Crippen LogP contribution >= 0.6 is 0 Å². The molecule has 0 bridgehead atoms. The fourth-order valence-corrected chi connectivity index (χ4v) is 2.90. The highest BCUT2D eigenvalue weighted by molar-refractivity contribution is 5.84. The van der Waals surface area contributed by atoms with Crippen molar-refractivity contribution in [1.29, 1.82) is 0 Å². The largest absolute Gasteiger partial charge is 0.484 e. The molecule has 0 unspecified atom stereocenters. The van der Waals surface area contributed by atoms with Crippen LogP contribution in [0, 0.1) is 6.92 Å². The number of carbonyl (C=O) groups excluding carboxylic acids is 1. The van der Waals surface area contributed by atoms with Crippen LogP contribution in [-0.2, 0) is 11.3 Å². The average molecular weight is 345 g/mol. The van der Waals surface area contributed by atoms with Crippen molar-refractivity contribution in [2.75, 3.05) is 6.61 Å². The van der Waals surface area contributed by atoms with E-state index >= 15 is 0 Å². The molecule has 4 rings (SSSR count).